The van der Waals surface area contributed by atoms with E-state index in [1.807, 2.05) is 32.0 Å². The Morgan fingerprint density at radius 1 is 0.792 bits per heavy atom. The molecule has 17 heteroatoms. The van der Waals surface area contributed by atoms with Crippen LogP contribution in [0.3, 0.4) is 0 Å². The molecule has 6 amide bonds. The van der Waals surface area contributed by atoms with E-state index in [1.54, 1.807) is 49.5 Å². The molecule has 3 heterocycles. The van der Waals surface area contributed by atoms with E-state index in [-0.39, 0.29) is 68.6 Å². The molecule has 0 radical (unpaired) electrons. The fourth-order valence-electron chi connectivity index (χ4n) is 9.53. The molecule has 0 saturated carbocycles. The van der Waals surface area contributed by atoms with Crippen molar-refractivity contribution in [2.75, 3.05) is 53.7 Å². The number of fused-ring (bicyclic) bond motifs is 1. The van der Waals surface area contributed by atoms with Crippen LogP contribution in [0, 0.1) is 20.8 Å². The number of aryl methyl sites for hydroxylation is 4. The lowest BCUT2D eigenvalue weighted by Crippen LogP contribution is -2.54. The van der Waals surface area contributed by atoms with Gasteiger partial charge in [0.1, 0.15) is 36.3 Å². The zero-order chi connectivity index (χ0) is 51.5. The van der Waals surface area contributed by atoms with Gasteiger partial charge in [-0.3, -0.25) is 39.0 Å². The molecule has 72 heavy (non-hydrogen) atoms. The Bertz CT molecular complexity index is 2690. The van der Waals surface area contributed by atoms with Gasteiger partial charge in [0.15, 0.2) is 18.1 Å². The van der Waals surface area contributed by atoms with E-state index in [9.17, 15) is 33.6 Å². The van der Waals surface area contributed by atoms with Crippen molar-refractivity contribution in [2.45, 2.75) is 103 Å². The van der Waals surface area contributed by atoms with Crippen LogP contribution in [0.1, 0.15) is 118 Å². The molecule has 4 aromatic rings. The second kappa shape index (κ2) is 24.2. The molecule has 4 atom stereocenters. The van der Waals surface area contributed by atoms with Gasteiger partial charge in [0.05, 0.1) is 44.5 Å². The fourth-order valence-corrected chi connectivity index (χ4v) is 9.53. The Morgan fingerprint density at radius 3 is 2.35 bits per heavy atom. The van der Waals surface area contributed by atoms with E-state index in [0.29, 0.717) is 55.0 Å². The lowest BCUT2D eigenvalue weighted by Gasteiger charge is -2.37. The number of amides is 6. The number of carbonyl (C=O) groups is 7. The molecule has 2 N–H and O–H groups in total. The van der Waals surface area contributed by atoms with Crippen molar-refractivity contribution in [2.24, 2.45) is 0 Å². The minimum atomic E-state index is -1.09. The van der Waals surface area contributed by atoms with Crippen LogP contribution in [0.4, 0.5) is 0 Å². The van der Waals surface area contributed by atoms with Gasteiger partial charge in [0.25, 0.3) is 17.7 Å². The minimum Gasteiger partial charge on any atom is -0.493 e. The lowest BCUT2D eigenvalue weighted by molar-refractivity contribution is -0.162. The van der Waals surface area contributed by atoms with E-state index < -0.39 is 59.6 Å². The van der Waals surface area contributed by atoms with Crippen LogP contribution in [-0.4, -0.2) is 117 Å². The highest BCUT2D eigenvalue weighted by Crippen LogP contribution is 2.38. The smallest absolute Gasteiger partial charge is 0.329 e. The van der Waals surface area contributed by atoms with Crippen LogP contribution >= 0.6 is 0 Å². The van der Waals surface area contributed by atoms with Crippen LogP contribution in [0.2, 0.25) is 0 Å². The number of hydrogen-bond donors (Lipinski definition) is 2. The lowest BCUT2D eigenvalue weighted by atomic mass is 9.91. The summed E-state index contributed by atoms with van der Waals surface area (Å²) in [4.78, 5) is 94.8. The maximum atomic E-state index is 14.4. The number of likely N-dealkylation sites (tertiary alicyclic amines) is 1. The molecule has 4 aromatic carbocycles. The molecule has 3 aliphatic heterocycles. The molecule has 3 unspecified atom stereocenters. The second-order valence-corrected chi connectivity index (χ2v) is 18.3. The number of rotatable bonds is 22. The summed E-state index contributed by atoms with van der Waals surface area (Å²) in [6, 6.07) is 20.0. The largest absolute Gasteiger partial charge is 0.493 e. The van der Waals surface area contributed by atoms with Gasteiger partial charge in [-0.25, -0.2) is 4.79 Å². The van der Waals surface area contributed by atoms with Crippen LogP contribution in [0.5, 0.6) is 23.0 Å². The number of piperidine rings is 2. The third-order valence-corrected chi connectivity index (χ3v) is 13.5. The number of benzene rings is 4. The Balaban J connectivity index is 0.927. The number of nitrogens with zero attached hydrogens (tertiary/aromatic N) is 2. The minimum absolute atomic E-state index is 0.0133. The van der Waals surface area contributed by atoms with Crippen LogP contribution in [0.15, 0.2) is 72.8 Å². The number of esters is 1. The average molecular weight is 989 g/mol. The predicted octanol–water partition coefficient (Wildman–Crippen LogP) is 6.41. The molecule has 0 bridgehead atoms. The zero-order valence-electron chi connectivity index (χ0n) is 41.8. The monoisotopic (exact) mass is 988 g/mol. The van der Waals surface area contributed by atoms with Crippen LogP contribution < -0.4 is 29.6 Å². The van der Waals surface area contributed by atoms with Gasteiger partial charge >= 0.3 is 5.97 Å². The van der Waals surface area contributed by atoms with E-state index in [4.69, 9.17) is 28.4 Å². The fraction of sp³-hybridized carbons (Fsp3) is 0.436. The topological polar surface area (TPSA) is 205 Å². The van der Waals surface area contributed by atoms with E-state index >= 15 is 0 Å². The van der Waals surface area contributed by atoms with Gasteiger partial charge in [-0.2, -0.15) is 0 Å². The highest BCUT2D eigenvalue weighted by atomic mass is 16.5. The van der Waals surface area contributed by atoms with Crippen molar-refractivity contribution in [1.82, 2.24) is 20.4 Å². The average Bonchev–Trinajstić information content (AvgIpc) is 3.63. The van der Waals surface area contributed by atoms with Gasteiger partial charge in [0.2, 0.25) is 17.7 Å². The van der Waals surface area contributed by atoms with Crippen molar-refractivity contribution in [3.05, 3.63) is 117 Å². The molecule has 7 rings (SSSR count). The normalized spacial score (nSPS) is 17.4. The molecule has 3 aliphatic rings. The summed E-state index contributed by atoms with van der Waals surface area (Å²) in [5.74, 6) is -2.26. The number of nitrogens with one attached hydrogen (secondary N) is 2. The van der Waals surface area contributed by atoms with Gasteiger partial charge in [-0.1, -0.05) is 49.4 Å². The molecular formula is C55H64N4O13. The first kappa shape index (κ1) is 52.6. The van der Waals surface area contributed by atoms with Gasteiger partial charge in [-0.05, 0) is 129 Å². The molecule has 2 saturated heterocycles. The number of carbonyl (C=O) groups excluding carboxylic acids is 7. The van der Waals surface area contributed by atoms with Gasteiger partial charge < -0.3 is 38.6 Å². The molecule has 2 fully saturated rings. The first-order chi connectivity index (χ1) is 34.7. The summed E-state index contributed by atoms with van der Waals surface area (Å²) in [6.07, 6.45) is 2.97. The first-order valence-electron chi connectivity index (χ1n) is 24.6. The van der Waals surface area contributed by atoms with Crippen LogP contribution in [0.25, 0.3) is 0 Å². The summed E-state index contributed by atoms with van der Waals surface area (Å²) in [6.45, 7) is 8.57. The van der Waals surface area contributed by atoms with Gasteiger partial charge in [-0.15, -0.1) is 0 Å². The highest BCUT2D eigenvalue weighted by molar-refractivity contribution is 6.24. The molecular weight excluding hydrogens is 925 g/mol. The van der Waals surface area contributed by atoms with Crippen molar-refractivity contribution in [3.63, 3.8) is 0 Å². The third-order valence-electron chi connectivity index (χ3n) is 13.5. The maximum absolute atomic E-state index is 14.4. The number of methoxy groups -OCH3 is 2. The van der Waals surface area contributed by atoms with Gasteiger partial charge in [0, 0.05) is 19.5 Å². The van der Waals surface area contributed by atoms with Crippen molar-refractivity contribution < 1.29 is 62.0 Å². The molecule has 0 spiro atoms. The van der Waals surface area contributed by atoms with E-state index in [0.717, 1.165) is 40.0 Å². The molecule has 0 aliphatic carbocycles. The Kier molecular flexibility index (Phi) is 17.7. The Hall–Kier alpha value is -7.27. The van der Waals surface area contributed by atoms with E-state index in [2.05, 4.69) is 42.7 Å². The van der Waals surface area contributed by atoms with Crippen molar-refractivity contribution in [3.8, 4) is 23.0 Å². The van der Waals surface area contributed by atoms with E-state index in [1.165, 1.54) is 11.6 Å². The summed E-state index contributed by atoms with van der Waals surface area (Å²) < 4.78 is 34.9. The predicted molar refractivity (Wildman–Crippen MR) is 264 cm³/mol. The van der Waals surface area contributed by atoms with Crippen LogP contribution in [-0.2, 0) is 39.9 Å². The SMILES string of the molecule is CC[C@H](C(=O)N1CCCCC1C(=O)OC(CCc1ccc(C)c(C)c1)c1cccc(OCC(=O)NCCOCCOc2cccc3c2C(=O)N(C2CCC(=O)NC2=O)C3=O)c1)c1cc(C)c(OC)c(OC)c1. The van der Waals surface area contributed by atoms with Crippen molar-refractivity contribution in [1.29, 1.82) is 0 Å². The maximum Gasteiger partial charge on any atom is 0.329 e. The Labute approximate surface area is 419 Å². The standard InChI is InChI=1S/C55H64N4O13/c1-7-40(38-29-35(4)50(68-6)46(31-38)67-5)52(63)58-24-9-8-15-43(58)55(66)72-44(21-19-36-18-17-33(2)34(3)28-36)37-12-10-13-39(30-37)71-32-48(61)56-23-25-69-26-27-70-45-16-11-14-41-49(45)54(65)59(53(41)64)42-20-22-47(60)57-51(42)62/h10-14,16-18,28-31,40,42-44H,7-9,15,19-27,32H2,1-6H3,(H,56,61)(H,57,60,62)/t40-,42?,43?,44?/m0/s1. The number of ether oxygens (including phenoxy) is 6. The summed E-state index contributed by atoms with van der Waals surface area (Å²) in [5, 5.41) is 4.94. The quantitative estimate of drug-likeness (QED) is 0.0497. The molecule has 0 aromatic heterocycles. The van der Waals surface area contributed by atoms with Crippen molar-refractivity contribution >= 4 is 41.4 Å². The molecule has 17 nitrogen and oxygen atoms in total. The zero-order valence-corrected chi connectivity index (χ0v) is 41.8. The number of hydrogen-bond acceptors (Lipinski definition) is 13. The number of imide groups is 2. The Morgan fingerprint density at radius 2 is 1.60 bits per heavy atom. The first-order valence-corrected chi connectivity index (χ1v) is 24.6. The summed E-state index contributed by atoms with van der Waals surface area (Å²) in [7, 11) is 3.15. The second-order valence-electron chi connectivity index (χ2n) is 18.3. The third kappa shape index (κ3) is 12.2. The summed E-state index contributed by atoms with van der Waals surface area (Å²) in [5.41, 5.74) is 5.91. The molecule has 382 valence electrons. The summed E-state index contributed by atoms with van der Waals surface area (Å²) >= 11 is 0. The highest BCUT2D eigenvalue weighted by Gasteiger charge is 2.46.